The smallest absolute Gasteiger partial charge is 0.455 e. The molecule has 0 aliphatic heterocycles. The predicted molar refractivity (Wildman–Crippen MR) is 94.9 cm³/mol. The third-order valence-corrected chi connectivity index (χ3v) is 3.94. The van der Waals surface area contributed by atoms with E-state index in [-0.39, 0.29) is 11.0 Å². The maximum Gasteiger partial charge on any atom is 0.455 e. The Hall–Kier alpha value is -3.31. The summed E-state index contributed by atoms with van der Waals surface area (Å²) in [5, 5.41) is 11.1. The quantitative estimate of drug-likeness (QED) is 0.304. The number of halogens is 3. The Morgan fingerprint density at radius 1 is 1.26 bits per heavy atom. The van der Waals surface area contributed by atoms with Crippen LogP contribution in [0.5, 0.6) is 5.75 Å². The minimum atomic E-state index is -5.31. The van der Waals surface area contributed by atoms with Crippen LogP contribution in [-0.2, 0) is 0 Å². The van der Waals surface area contributed by atoms with Crippen molar-refractivity contribution in [3.63, 3.8) is 0 Å². The highest BCUT2D eigenvalue weighted by Gasteiger charge is 2.43. The number of hydrogen-bond acceptors (Lipinski definition) is 4. The maximum absolute atomic E-state index is 12.8. The van der Waals surface area contributed by atoms with E-state index in [1.54, 1.807) is 30.3 Å². The molecule has 1 heterocycles. The second-order valence-corrected chi connectivity index (χ2v) is 5.78. The van der Waals surface area contributed by atoms with Crippen LogP contribution in [0.2, 0.25) is 0 Å². The van der Waals surface area contributed by atoms with Crippen LogP contribution in [0.15, 0.2) is 51.4 Å². The summed E-state index contributed by atoms with van der Waals surface area (Å²) in [4.78, 5) is 23.3. The Morgan fingerprint density at radius 3 is 2.67 bits per heavy atom. The van der Waals surface area contributed by atoms with Crippen molar-refractivity contribution in [3.8, 4) is 5.75 Å². The molecule has 7 heteroatoms. The van der Waals surface area contributed by atoms with Crippen LogP contribution < -0.4 is 5.63 Å². The van der Waals surface area contributed by atoms with Gasteiger partial charge in [0.1, 0.15) is 11.3 Å². The van der Waals surface area contributed by atoms with Crippen molar-refractivity contribution >= 4 is 33.6 Å². The molecule has 0 radical (unpaired) electrons. The molecule has 1 N–H and O–H groups in total. The third kappa shape index (κ3) is 3.37. The zero-order valence-corrected chi connectivity index (χ0v) is 14.1. The van der Waals surface area contributed by atoms with Crippen LogP contribution >= 0.6 is 0 Å². The molecule has 4 nitrogen and oxygen atoms in total. The first-order chi connectivity index (χ1) is 12.7. The summed E-state index contributed by atoms with van der Waals surface area (Å²) in [6.07, 6.45) is -0.928. The van der Waals surface area contributed by atoms with Crippen molar-refractivity contribution in [1.82, 2.24) is 0 Å². The topological polar surface area (TPSA) is 67.5 Å². The molecule has 2 aromatic carbocycles. The van der Waals surface area contributed by atoms with Gasteiger partial charge in [-0.3, -0.25) is 4.79 Å². The Balaban J connectivity index is 2.32. The highest BCUT2D eigenvalue weighted by Crippen LogP contribution is 2.35. The van der Waals surface area contributed by atoms with E-state index in [0.717, 1.165) is 12.0 Å². The van der Waals surface area contributed by atoms with Gasteiger partial charge in [0.25, 0.3) is 5.78 Å². The molecule has 0 atom stereocenters. The predicted octanol–water partition coefficient (Wildman–Crippen LogP) is 4.98. The monoisotopic (exact) mass is 374 g/mol. The standard InChI is InChI=1S/C20H13F3O4/c1-2-3-4-5-11-6-8-13-12(10-11)7-9-14-15(13)17(24)16(19(26)27-14)18(25)20(21,22)23/h3,5-10,24H,2H2,1H3. The number of aromatic hydroxyl groups is 1. The van der Waals surface area contributed by atoms with Gasteiger partial charge < -0.3 is 9.52 Å². The molecule has 0 unspecified atom stereocenters. The first-order valence-electron chi connectivity index (χ1n) is 7.99. The normalized spacial score (nSPS) is 11.4. The van der Waals surface area contributed by atoms with Crippen LogP contribution in [0.25, 0.3) is 27.8 Å². The largest absolute Gasteiger partial charge is 0.506 e. The minimum absolute atomic E-state index is 0.113. The van der Waals surface area contributed by atoms with E-state index in [2.05, 4.69) is 5.73 Å². The molecule has 3 aromatic rings. The Morgan fingerprint density at radius 2 is 2.00 bits per heavy atom. The number of carbonyl (C=O) groups is 1. The van der Waals surface area contributed by atoms with Crippen molar-refractivity contribution in [3.05, 3.63) is 63.7 Å². The lowest BCUT2D eigenvalue weighted by molar-refractivity contribution is -0.0888. The summed E-state index contributed by atoms with van der Waals surface area (Å²) in [6, 6.07) is 7.94. The fourth-order valence-electron chi connectivity index (χ4n) is 2.73. The lowest BCUT2D eigenvalue weighted by Crippen LogP contribution is -2.28. The van der Waals surface area contributed by atoms with Gasteiger partial charge in [-0.1, -0.05) is 25.1 Å². The summed E-state index contributed by atoms with van der Waals surface area (Å²) < 4.78 is 43.1. The lowest BCUT2D eigenvalue weighted by Gasteiger charge is -2.10. The van der Waals surface area contributed by atoms with Crippen LogP contribution in [-0.4, -0.2) is 17.1 Å². The summed E-state index contributed by atoms with van der Waals surface area (Å²) in [5.74, 6) is -3.49. The van der Waals surface area contributed by atoms with Gasteiger partial charge in [0.05, 0.1) is 5.39 Å². The SMILES string of the molecule is CCC=C=Cc1ccc2c(ccc3oc(=O)c(C(=O)C(F)(F)F)c(O)c32)c1. The number of benzene rings is 2. The first kappa shape index (κ1) is 18.5. The van der Waals surface area contributed by atoms with Gasteiger partial charge in [0.2, 0.25) is 0 Å². The molecule has 0 saturated heterocycles. The van der Waals surface area contributed by atoms with Crippen LogP contribution in [0, 0.1) is 0 Å². The summed E-state index contributed by atoms with van der Waals surface area (Å²) in [5.41, 5.74) is 0.703. The fraction of sp³-hybridized carbons (Fsp3) is 0.150. The zero-order chi connectivity index (χ0) is 19.8. The fourth-order valence-corrected chi connectivity index (χ4v) is 2.73. The highest BCUT2D eigenvalue weighted by atomic mass is 19.4. The molecule has 0 aliphatic carbocycles. The summed E-state index contributed by atoms with van der Waals surface area (Å²) >= 11 is 0. The van der Waals surface area contributed by atoms with E-state index in [1.807, 2.05) is 13.0 Å². The van der Waals surface area contributed by atoms with Gasteiger partial charge >= 0.3 is 11.8 Å². The molecule has 0 aliphatic rings. The van der Waals surface area contributed by atoms with Crippen LogP contribution in [0.3, 0.4) is 0 Å². The van der Waals surface area contributed by atoms with Gasteiger partial charge in [0.15, 0.2) is 5.56 Å². The van der Waals surface area contributed by atoms with E-state index in [4.69, 9.17) is 4.42 Å². The second kappa shape index (κ2) is 6.78. The van der Waals surface area contributed by atoms with E-state index in [0.29, 0.717) is 10.8 Å². The third-order valence-electron chi connectivity index (χ3n) is 3.94. The molecule has 0 bridgehead atoms. The molecule has 0 fully saturated rings. The van der Waals surface area contributed by atoms with Gasteiger partial charge in [0, 0.05) is 0 Å². The average molecular weight is 374 g/mol. The van der Waals surface area contributed by atoms with E-state index in [9.17, 15) is 27.9 Å². The maximum atomic E-state index is 12.8. The van der Waals surface area contributed by atoms with E-state index >= 15 is 0 Å². The second-order valence-electron chi connectivity index (χ2n) is 5.78. The number of rotatable bonds is 3. The molecule has 0 spiro atoms. The Labute approximate surface area is 150 Å². The number of hydrogen-bond donors (Lipinski definition) is 1. The van der Waals surface area contributed by atoms with Gasteiger partial charge in [-0.2, -0.15) is 13.2 Å². The molecule has 0 saturated carbocycles. The van der Waals surface area contributed by atoms with Crippen LogP contribution in [0.4, 0.5) is 13.2 Å². The van der Waals surface area contributed by atoms with Crippen molar-refractivity contribution in [1.29, 1.82) is 0 Å². The van der Waals surface area contributed by atoms with Crippen molar-refractivity contribution in [2.24, 2.45) is 0 Å². The molecule has 1 aromatic heterocycles. The average Bonchev–Trinajstić information content (AvgIpc) is 2.60. The molecule has 138 valence electrons. The van der Waals surface area contributed by atoms with Crippen LogP contribution in [0.1, 0.15) is 29.3 Å². The minimum Gasteiger partial charge on any atom is -0.506 e. The zero-order valence-electron chi connectivity index (χ0n) is 14.1. The van der Waals surface area contributed by atoms with Gasteiger partial charge in [-0.05, 0) is 47.0 Å². The summed E-state index contributed by atoms with van der Waals surface area (Å²) in [7, 11) is 0. The number of Topliss-reactive ketones (excluding diaryl/α,β-unsaturated/α-hetero) is 1. The first-order valence-corrected chi connectivity index (χ1v) is 7.99. The van der Waals surface area contributed by atoms with E-state index in [1.165, 1.54) is 6.07 Å². The molecular weight excluding hydrogens is 361 g/mol. The van der Waals surface area contributed by atoms with E-state index < -0.39 is 28.9 Å². The van der Waals surface area contributed by atoms with Crippen molar-refractivity contribution in [2.45, 2.75) is 19.5 Å². The van der Waals surface area contributed by atoms with Crippen molar-refractivity contribution in [2.75, 3.05) is 0 Å². The molecule has 3 rings (SSSR count). The molecule has 0 amide bonds. The molecule has 27 heavy (non-hydrogen) atoms. The highest BCUT2D eigenvalue weighted by molar-refractivity contribution is 6.13. The van der Waals surface area contributed by atoms with Gasteiger partial charge in [-0.25, -0.2) is 4.79 Å². The van der Waals surface area contributed by atoms with Gasteiger partial charge in [-0.15, -0.1) is 5.73 Å². The number of ketones is 1. The lowest BCUT2D eigenvalue weighted by atomic mass is 10.00. The molecular formula is C20H13F3O4. The summed E-state index contributed by atoms with van der Waals surface area (Å²) in [6.45, 7) is 1.96. The number of fused-ring (bicyclic) bond motifs is 3. The number of carbonyl (C=O) groups excluding carboxylic acids is 1. The Bertz CT molecular complexity index is 1180. The Kier molecular flexibility index (Phi) is 4.64. The van der Waals surface area contributed by atoms with Crippen molar-refractivity contribution < 1.29 is 27.5 Å². The number of alkyl halides is 3. The number of allylic oxidation sites excluding steroid dienone is 1.